The number of amides is 1. The summed E-state index contributed by atoms with van der Waals surface area (Å²) >= 11 is 0. The Morgan fingerprint density at radius 3 is 2.62 bits per heavy atom. The van der Waals surface area contributed by atoms with Gasteiger partial charge in [-0.25, -0.2) is 0 Å². The third-order valence-electron chi connectivity index (χ3n) is 4.22. The SMILES string of the molecule is CCCC(C)(N)C(=O)Nc1ccc(N2CCCC2)cc1C. The van der Waals surface area contributed by atoms with Gasteiger partial charge in [-0.2, -0.15) is 0 Å². The maximum atomic E-state index is 12.3. The molecule has 0 bridgehead atoms. The number of benzene rings is 1. The molecule has 2 rings (SSSR count). The molecule has 0 aliphatic carbocycles. The first-order valence-corrected chi connectivity index (χ1v) is 7.90. The predicted octanol–water partition coefficient (Wildman–Crippen LogP) is 3.05. The van der Waals surface area contributed by atoms with E-state index in [-0.39, 0.29) is 5.91 Å². The molecule has 1 atom stereocenters. The van der Waals surface area contributed by atoms with Gasteiger partial charge in [0.2, 0.25) is 5.91 Å². The average molecular weight is 289 g/mol. The fourth-order valence-corrected chi connectivity index (χ4v) is 2.86. The zero-order valence-corrected chi connectivity index (χ0v) is 13.4. The van der Waals surface area contributed by atoms with Crippen molar-refractivity contribution in [2.45, 2.75) is 52.0 Å². The normalized spacial score (nSPS) is 17.6. The van der Waals surface area contributed by atoms with E-state index in [0.717, 1.165) is 30.8 Å². The van der Waals surface area contributed by atoms with Crippen LogP contribution in [0.3, 0.4) is 0 Å². The van der Waals surface area contributed by atoms with E-state index in [1.807, 2.05) is 19.9 Å². The quantitative estimate of drug-likeness (QED) is 0.876. The molecule has 1 unspecified atom stereocenters. The van der Waals surface area contributed by atoms with Gasteiger partial charge in [0.15, 0.2) is 0 Å². The summed E-state index contributed by atoms with van der Waals surface area (Å²) in [6.45, 7) is 8.11. The summed E-state index contributed by atoms with van der Waals surface area (Å²) in [4.78, 5) is 14.7. The largest absolute Gasteiger partial charge is 0.372 e. The second-order valence-electron chi connectivity index (χ2n) is 6.31. The Kier molecular flexibility index (Phi) is 4.88. The number of nitrogens with zero attached hydrogens (tertiary/aromatic N) is 1. The van der Waals surface area contributed by atoms with Crippen molar-refractivity contribution in [3.05, 3.63) is 23.8 Å². The van der Waals surface area contributed by atoms with E-state index in [1.165, 1.54) is 18.5 Å². The molecule has 4 heteroatoms. The first-order valence-electron chi connectivity index (χ1n) is 7.90. The lowest BCUT2D eigenvalue weighted by atomic mass is 9.96. The molecule has 116 valence electrons. The molecule has 1 saturated heterocycles. The van der Waals surface area contributed by atoms with Crippen LogP contribution in [0.1, 0.15) is 45.1 Å². The van der Waals surface area contributed by atoms with E-state index in [4.69, 9.17) is 5.73 Å². The van der Waals surface area contributed by atoms with Gasteiger partial charge in [0.1, 0.15) is 0 Å². The molecule has 1 aromatic rings. The molecule has 1 amide bonds. The minimum Gasteiger partial charge on any atom is -0.372 e. The number of carbonyl (C=O) groups is 1. The Bertz CT molecular complexity index is 505. The molecule has 3 N–H and O–H groups in total. The van der Waals surface area contributed by atoms with Gasteiger partial charge in [-0.15, -0.1) is 0 Å². The van der Waals surface area contributed by atoms with Crippen molar-refractivity contribution in [3.63, 3.8) is 0 Å². The standard InChI is InChI=1S/C17H27N3O/c1-4-9-17(3,18)16(21)19-15-8-7-14(12-13(15)2)20-10-5-6-11-20/h7-8,12H,4-6,9-11,18H2,1-3H3,(H,19,21). The van der Waals surface area contributed by atoms with Crippen LogP contribution in [-0.2, 0) is 4.79 Å². The maximum Gasteiger partial charge on any atom is 0.244 e. The zero-order valence-electron chi connectivity index (χ0n) is 13.4. The van der Waals surface area contributed by atoms with Gasteiger partial charge >= 0.3 is 0 Å². The molecule has 21 heavy (non-hydrogen) atoms. The van der Waals surface area contributed by atoms with Gasteiger partial charge in [0, 0.05) is 24.5 Å². The number of carbonyl (C=O) groups excluding carboxylic acids is 1. The number of hydrogen-bond acceptors (Lipinski definition) is 3. The molecule has 1 aromatic carbocycles. The predicted molar refractivity (Wildman–Crippen MR) is 88.8 cm³/mol. The number of rotatable bonds is 5. The van der Waals surface area contributed by atoms with E-state index in [9.17, 15) is 4.79 Å². The number of nitrogens with two attached hydrogens (primary N) is 1. The highest BCUT2D eigenvalue weighted by atomic mass is 16.2. The molecule has 1 aliphatic rings. The van der Waals surface area contributed by atoms with E-state index in [1.54, 1.807) is 6.92 Å². The van der Waals surface area contributed by atoms with E-state index >= 15 is 0 Å². The monoisotopic (exact) mass is 289 g/mol. The van der Waals surface area contributed by atoms with Crippen molar-refractivity contribution >= 4 is 17.3 Å². The van der Waals surface area contributed by atoms with Crippen LogP contribution in [0.4, 0.5) is 11.4 Å². The Hall–Kier alpha value is -1.55. The topological polar surface area (TPSA) is 58.4 Å². The third-order valence-corrected chi connectivity index (χ3v) is 4.22. The summed E-state index contributed by atoms with van der Waals surface area (Å²) in [5, 5.41) is 2.97. The Morgan fingerprint density at radius 2 is 2.05 bits per heavy atom. The van der Waals surface area contributed by atoms with Crippen LogP contribution < -0.4 is 16.0 Å². The molecule has 0 aromatic heterocycles. The van der Waals surface area contributed by atoms with Crippen molar-refractivity contribution in [1.29, 1.82) is 0 Å². The molecule has 4 nitrogen and oxygen atoms in total. The summed E-state index contributed by atoms with van der Waals surface area (Å²) in [7, 11) is 0. The lowest BCUT2D eigenvalue weighted by molar-refractivity contribution is -0.120. The Labute approximate surface area is 127 Å². The van der Waals surface area contributed by atoms with Crippen LogP contribution in [0.5, 0.6) is 0 Å². The smallest absolute Gasteiger partial charge is 0.244 e. The summed E-state index contributed by atoms with van der Waals surface area (Å²) < 4.78 is 0. The Morgan fingerprint density at radius 1 is 1.38 bits per heavy atom. The average Bonchev–Trinajstić information content (AvgIpc) is 2.94. The van der Waals surface area contributed by atoms with Gasteiger partial charge in [-0.1, -0.05) is 13.3 Å². The third kappa shape index (κ3) is 3.76. The molecular weight excluding hydrogens is 262 g/mol. The van der Waals surface area contributed by atoms with Crippen molar-refractivity contribution in [2.75, 3.05) is 23.3 Å². The molecular formula is C17H27N3O. The van der Waals surface area contributed by atoms with Gasteiger partial charge in [-0.05, 0) is 56.9 Å². The minimum absolute atomic E-state index is 0.110. The van der Waals surface area contributed by atoms with Crippen molar-refractivity contribution in [3.8, 4) is 0 Å². The van der Waals surface area contributed by atoms with Crippen molar-refractivity contribution in [1.82, 2.24) is 0 Å². The van der Waals surface area contributed by atoms with Crippen LogP contribution >= 0.6 is 0 Å². The summed E-state index contributed by atoms with van der Waals surface area (Å²) in [6, 6.07) is 6.22. The number of anilines is 2. The second kappa shape index (κ2) is 6.48. The molecule has 1 heterocycles. The van der Waals surface area contributed by atoms with E-state index < -0.39 is 5.54 Å². The minimum atomic E-state index is -0.811. The van der Waals surface area contributed by atoms with E-state index in [2.05, 4.69) is 22.3 Å². The van der Waals surface area contributed by atoms with Crippen molar-refractivity contribution in [2.24, 2.45) is 5.73 Å². The lowest BCUT2D eigenvalue weighted by Crippen LogP contribution is -2.48. The highest BCUT2D eigenvalue weighted by Crippen LogP contribution is 2.26. The maximum absolute atomic E-state index is 12.3. The fraction of sp³-hybridized carbons (Fsp3) is 0.588. The van der Waals surface area contributed by atoms with Crippen molar-refractivity contribution < 1.29 is 4.79 Å². The number of nitrogens with one attached hydrogen (secondary N) is 1. The first kappa shape index (κ1) is 15.8. The van der Waals surface area contributed by atoms with E-state index in [0.29, 0.717) is 6.42 Å². The highest BCUT2D eigenvalue weighted by Gasteiger charge is 2.27. The fourth-order valence-electron chi connectivity index (χ4n) is 2.86. The van der Waals surface area contributed by atoms with Crippen LogP contribution in [0, 0.1) is 6.92 Å². The molecule has 0 saturated carbocycles. The summed E-state index contributed by atoms with van der Waals surface area (Å²) in [5.74, 6) is -0.110. The summed E-state index contributed by atoms with van der Waals surface area (Å²) in [6.07, 6.45) is 4.11. The van der Waals surface area contributed by atoms with Crippen LogP contribution in [0.2, 0.25) is 0 Å². The van der Waals surface area contributed by atoms with Gasteiger partial charge in [0.25, 0.3) is 0 Å². The second-order valence-corrected chi connectivity index (χ2v) is 6.31. The number of aryl methyl sites for hydroxylation is 1. The van der Waals surface area contributed by atoms with Crippen LogP contribution in [0.15, 0.2) is 18.2 Å². The van der Waals surface area contributed by atoms with Crippen LogP contribution in [0.25, 0.3) is 0 Å². The first-order chi connectivity index (χ1) is 9.94. The molecule has 1 aliphatic heterocycles. The molecule has 0 spiro atoms. The summed E-state index contributed by atoms with van der Waals surface area (Å²) in [5.41, 5.74) is 8.45. The van der Waals surface area contributed by atoms with Gasteiger partial charge in [-0.3, -0.25) is 4.79 Å². The Balaban J connectivity index is 2.09. The van der Waals surface area contributed by atoms with Gasteiger partial charge < -0.3 is 16.0 Å². The highest BCUT2D eigenvalue weighted by molar-refractivity contribution is 5.98. The lowest BCUT2D eigenvalue weighted by Gasteiger charge is -2.24. The number of hydrogen-bond donors (Lipinski definition) is 2. The van der Waals surface area contributed by atoms with Crippen LogP contribution in [-0.4, -0.2) is 24.5 Å². The molecule has 1 fully saturated rings. The molecule has 0 radical (unpaired) electrons. The van der Waals surface area contributed by atoms with Gasteiger partial charge in [0.05, 0.1) is 5.54 Å². The zero-order chi connectivity index (χ0) is 15.5.